The van der Waals surface area contributed by atoms with Crippen molar-refractivity contribution in [1.82, 2.24) is 10.6 Å². The summed E-state index contributed by atoms with van der Waals surface area (Å²) in [5, 5.41) is 18.3. The molecule has 8 heteroatoms. The molecule has 1 fully saturated rings. The van der Waals surface area contributed by atoms with Crippen molar-refractivity contribution in [3.05, 3.63) is 40.8 Å². The molecule has 2 aliphatic rings. The summed E-state index contributed by atoms with van der Waals surface area (Å²) in [6.07, 6.45) is 1.17. The van der Waals surface area contributed by atoms with Crippen LogP contribution in [0.3, 0.4) is 0 Å². The Kier molecular flexibility index (Phi) is 5.90. The maximum absolute atomic E-state index is 12.4. The van der Waals surface area contributed by atoms with Crippen LogP contribution in [0, 0.1) is 11.3 Å². The van der Waals surface area contributed by atoms with Crippen LogP contribution in [0.15, 0.2) is 30.3 Å². The number of carbonyl (C=O) groups excluding carboxylic acids is 2. The number of amides is 2. The van der Waals surface area contributed by atoms with E-state index in [0.29, 0.717) is 26.0 Å². The lowest BCUT2D eigenvalue weighted by Crippen LogP contribution is -2.46. The van der Waals surface area contributed by atoms with Gasteiger partial charge in [0.2, 0.25) is 5.91 Å². The zero-order valence-corrected chi connectivity index (χ0v) is 16.7. The highest BCUT2D eigenvalue weighted by Crippen LogP contribution is 2.33. The van der Waals surface area contributed by atoms with E-state index in [1.807, 2.05) is 30.3 Å². The predicted octanol–water partition coefficient (Wildman–Crippen LogP) is 1.84. The molecule has 2 amide bonds. The number of thiophene rings is 1. The van der Waals surface area contributed by atoms with Gasteiger partial charge in [0.25, 0.3) is 5.91 Å². The van der Waals surface area contributed by atoms with Crippen molar-refractivity contribution in [2.24, 2.45) is 0 Å². The molecule has 0 spiro atoms. The first-order valence-corrected chi connectivity index (χ1v) is 10.5. The van der Waals surface area contributed by atoms with Crippen molar-refractivity contribution in [2.75, 3.05) is 25.0 Å². The van der Waals surface area contributed by atoms with Gasteiger partial charge in [0.1, 0.15) is 12.1 Å². The maximum Gasteiger partial charge on any atom is 0.251 e. The summed E-state index contributed by atoms with van der Waals surface area (Å²) < 4.78 is 5.56. The number of hydrogen-bond acceptors (Lipinski definition) is 6. The first-order chi connectivity index (χ1) is 14.1. The molecule has 0 radical (unpaired) electrons. The average molecular weight is 410 g/mol. The molecule has 1 aromatic heterocycles. The SMILES string of the molecule is N#C[C@H](Cc1ccc(-c2ccc3c(c2)NC(=O)C3)s1)NC(=O)[C@@H]1CNCCCO1. The molecule has 7 nitrogen and oxygen atoms in total. The molecule has 29 heavy (non-hydrogen) atoms. The molecule has 2 atom stereocenters. The molecule has 1 saturated heterocycles. The normalized spacial score (nSPS) is 19.6. The summed E-state index contributed by atoms with van der Waals surface area (Å²) in [6, 6.07) is 11.5. The van der Waals surface area contributed by atoms with Gasteiger partial charge < -0.3 is 20.7 Å². The second-order valence-corrected chi connectivity index (χ2v) is 8.34. The molecule has 0 bridgehead atoms. The van der Waals surface area contributed by atoms with Crippen molar-refractivity contribution in [3.8, 4) is 16.5 Å². The molecule has 4 rings (SSSR count). The van der Waals surface area contributed by atoms with Crippen molar-refractivity contribution in [1.29, 1.82) is 5.26 Å². The summed E-state index contributed by atoms with van der Waals surface area (Å²) >= 11 is 1.58. The quantitative estimate of drug-likeness (QED) is 0.698. The number of ether oxygens (including phenoxy) is 1. The maximum atomic E-state index is 12.4. The van der Waals surface area contributed by atoms with Crippen LogP contribution < -0.4 is 16.0 Å². The number of nitrogens with zero attached hydrogens (tertiary/aromatic N) is 1. The Labute approximate surface area is 173 Å². The molecule has 2 aliphatic heterocycles. The van der Waals surface area contributed by atoms with Gasteiger partial charge in [0.15, 0.2) is 0 Å². The second-order valence-electron chi connectivity index (χ2n) is 7.17. The van der Waals surface area contributed by atoms with Gasteiger partial charge in [-0.3, -0.25) is 9.59 Å². The van der Waals surface area contributed by atoms with Crippen LogP contribution >= 0.6 is 11.3 Å². The Morgan fingerprint density at radius 2 is 2.28 bits per heavy atom. The molecule has 0 aliphatic carbocycles. The van der Waals surface area contributed by atoms with Crippen LogP contribution in [0.2, 0.25) is 0 Å². The third-order valence-electron chi connectivity index (χ3n) is 5.00. The molecule has 0 saturated carbocycles. The number of nitrogens with one attached hydrogen (secondary N) is 3. The minimum atomic E-state index is -0.611. The highest BCUT2D eigenvalue weighted by Gasteiger charge is 2.24. The summed E-state index contributed by atoms with van der Waals surface area (Å²) in [7, 11) is 0. The minimum Gasteiger partial charge on any atom is -0.367 e. The Bertz CT molecular complexity index is 957. The van der Waals surface area contributed by atoms with Gasteiger partial charge in [-0.25, -0.2) is 0 Å². The van der Waals surface area contributed by atoms with Gasteiger partial charge >= 0.3 is 0 Å². The first kappa shape index (κ1) is 19.6. The summed E-state index contributed by atoms with van der Waals surface area (Å²) in [6.45, 7) is 1.83. The van der Waals surface area contributed by atoms with Crippen LogP contribution in [0.5, 0.6) is 0 Å². The monoisotopic (exact) mass is 410 g/mol. The molecular formula is C21H22N4O3S. The zero-order chi connectivity index (χ0) is 20.2. The van der Waals surface area contributed by atoms with E-state index in [1.165, 1.54) is 0 Å². The fraction of sp³-hybridized carbons (Fsp3) is 0.381. The Morgan fingerprint density at radius 3 is 3.14 bits per heavy atom. The number of anilines is 1. The van der Waals surface area contributed by atoms with E-state index in [9.17, 15) is 14.9 Å². The van der Waals surface area contributed by atoms with E-state index in [1.54, 1.807) is 11.3 Å². The van der Waals surface area contributed by atoms with Crippen LogP contribution in [0.4, 0.5) is 5.69 Å². The van der Waals surface area contributed by atoms with Gasteiger partial charge in [-0.1, -0.05) is 12.1 Å². The lowest BCUT2D eigenvalue weighted by Gasteiger charge is -2.17. The van der Waals surface area contributed by atoms with Gasteiger partial charge in [-0.05, 0) is 42.3 Å². The second kappa shape index (κ2) is 8.74. The van der Waals surface area contributed by atoms with E-state index in [0.717, 1.165) is 39.5 Å². The Balaban J connectivity index is 1.40. The van der Waals surface area contributed by atoms with Gasteiger partial charge in [0, 0.05) is 35.0 Å². The topological polar surface area (TPSA) is 103 Å². The molecule has 1 aromatic carbocycles. The van der Waals surface area contributed by atoms with Crippen LogP contribution in [0.1, 0.15) is 16.9 Å². The molecule has 2 aromatic rings. The molecular weight excluding hydrogens is 388 g/mol. The standard InChI is InChI=1S/C21H22N4O3S/c22-11-15(24-21(27)18-12-23-6-1-7-28-18)10-16-4-5-19(29-16)14-3-2-13-9-20(26)25-17(13)8-14/h2-5,8,15,18,23H,1,6-7,9-10,12H2,(H,24,27)(H,25,26)/t15-,18-/m0/s1. The van der Waals surface area contributed by atoms with Crippen LogP contribution in [-0.4, -0.2) is 43.7 Å². The molecule has 0 unspecified atom stereocenters. The van der Waals surface area contributed by atoms with E-state index >= 15 is 0 Å². The van der Waals surface area contributed by atoms with Crippen molar-refractivity contribution in [2.45, 2.75) is 31.4 Å². The third-order valence-corrected chi connectivity index (χ3v) is 6.15. The predicted molar refractivity (Wildman–Crippen MR) is 111 cm³/mol. The zero-order valence-electron chi connectivity index (χ0n) is 15.9. The van der Waals surface area contributed by atoms with E-state index in [-0.39, 0.29) is 11.8 Å². The number of hydrogen-bond donors (Lipinski definition) is 3. The van der Waals surface area contributed by atoms with Crippen LogP contribution in [-0.2, 0) is 27.2 Å². The highest BCUT2D eigenvalue weighted by molar-refractivity contribution is 7.15. The number of fused-ring (bicyclic) bond motifs is 1. The van der Waals surface area contributed by atoms with E-state index < -0.39 is 12.1 Å². The van der Waals surface area contributed by atoms with E-state index in [2.05, 4.69) is 22.0 Å². The number of rotatable bonds is 5. The van der Waals surface area contributed by atoms with Gasteiger partial charge in [-0.2, -0.15) is 5.26 Å². The fourth-order valence-corrected chi connectivity index (χ4v) is 4.54. The number of carbonyl (C=O) groups is 2. The highest BCUT2D eigenvalue weighted by atomic mass is 32.1. The summed E-state index contributed by atoms with van der Waals surface area (Å²) in [5.74, 6) is -0.235. The minimum absolute atomic E-state index is 0.0180. The average Bonchev–Trinajstić information content (AvgIpc) is 3.22. The largest absolute Gasteiger partial charge is 0.367 e. The van der Waals surface area contributed by atoms with Crippen molar-refractivity contribution in [3.63, 3.8) is 0 Å². The Morgan fingerprint density at radius 1 is 1.38 bits per heavy atom. The molecule has 150 valence electrons. The smallest absolute Gasteiger partial charge is 0.251 e. The number of benzene rings is 1. The Hall–Kier alpha value is -2.73. The first-order valence-electron chi connectivity index (χ1n) is 9.66. The van der Waals surface area contributed by atoms with Gasteiger partial charge in [-0.15, -0.1) is 11.3 Å². The van der Waals surface area contributed by atoms with E-state index in [4.69, 9.17) is 4.74 Å². The molecule has 3 N–H and O–H groups in total. The van der Waals surface area contributed by atoms with Crippen LogP contribution in [0.25, 0.3) is 10.4 Å². The van der Waals surface area contributed by atoms with Crippen molar-refractivity contribution >= 4 is 28.8 Å². The van der Waals surface area contributed by atoms with Gasteiger partial charge in [0.05, 0.1) is 12.5 Å². The van der Waals surface area contributed by atoms with Crippen molar-refractivity contribution < 1.29 is 14.3 Å². The summed E-state index contributed by atoms with van der Waals surface area (Å²) in [4.78, 5) is 26.0. The lowest BCUT2D eigenvalue weighted by atomic mass is 10.1. The fourth-order valence-electron chi connectivity index (χ4n) is 3.49. The summed E-state index contributed by atoms with van der Waals surface area (Å²) in [5.41, 5.74) is 2.90. The number of nitriles is 1. The third kappa shape index (κ3) is 4.65. The molecule has 3 heterocycles. The lowest BCUT2D eigenvalue weighted by molar-refractivity contribution is -0.132.